The van der Waals surface area contributed by atoms with E-state index in [9.17, 15) is 4.39 Å². The lowest BCUT2D eigenvalue weighted by Crippen LogP contribution is -1.97. The highest BCUT2D eigenvalue weighted by Gasteiger charge is 2.13. The maximum atomic E-state index is 13.2. The second-order valence-corrected chi connectivity index (χ2v) is 5.56. The molecule has 2 rings (SSSR count). The summed E-state index contributed by atoms with van der Waals surface area (Å²) in [4.78, 5) is 8.44. The van der Waals surface area contributed by atoms with E-state index in [-0.39, 0.29) is 5.82 Å². The van der Waals surface area contributed by atoms with Gasteiger partial charge < -0.3 is 0 Å². The first kappa shape index (κ1) is 14.7. The zero-order valence-electron chi connectivity index (χ0n) is 10.1. The molecular formula is C13H10BrCl2FN2. The standard InChI is InChI=1S/C13H10BrCl2FN2/c1-2-3-8-11(15)18-13(19-12(8)16)7-4-5-10(17)9(14)6-7/h4-6H,2-3H2,1H3. The van der Waals surface area contributed by atoms with E-state index >= 15 is 0 Å². The second kappa shape index (κ2) is 6.16. The third-order valence-electron chi connectivity index (χ3n) is 2.58. The van der Waals surface area contributed by atoms with Crippen molar-refractivity contribution in [3.63, 3.8) is 0 Å². The number of rotatable bonds is 3. The zero-order valence-corrected chi connectivity index (χ0v) is 13.2. The van der Waals surface area contributed by atoms with E-state index in [1.807, 2.05) is 6.92 Å². The quantitative estimate of drug-likeness (QED) is 0.691. The van der Waals surface area contributed by atoms with E-state index in [1.165, 1.54) is 6.07 Å². The Morgan fingerprint density at radius 1 is 1.21 bits per heavy atom. The number of aromatic nitrogens is 2. The highest BCUT2D eigenvalue weighted by Crippen LogP contribution is 2.28. The van der Waals surface area contributed by atoms with E-state index in [2.05, 4.69) is 25.9 Å². The van der Waals surface area contributed by atoms with Gasteiger partial charge in [-0.1, -0.05) is 36.5 Å². The van der Waals surface area contributed by atoms with E-state index in [1.54, 1.807) is 12.1 Å². The largest absolute Gasteiger partial charge is 0.216 e. The van der Waals surface area contributed by atoms with Crippen molar-refractivity contribution < 1.29 is 4.39 Å². The predicted molar refractivity (Wildman–Crippen MR) is 79.1 cm³/mol. The van der Waals surface area contributed by atoms with E-state index in [0.717, 1.165) is 18.4 Å². The Bertz CT molecular complexity index is 597. The van der Waals surface area contributed by atoms with Crippen molar-refractivity contribution in [3.05, 3.63) is 44.4 Å². The van der Waals surface area contributed by atoms with Crippen LogP contribution in [0.2, 0.25) is 10.3 Å². The molecule has 100 valence electrons. The van der Waals surface area contributed by atoms with Crippen molar-refractivity contribution >= 4 is 39.1 Å². The lowest BCUT2D eigenvalue weighted by molar-refractivity contribution is 0.621. The van der Waals surface area contributed by atoms with Crippen LogP contribution in [0.5, 0.6) is 0 Å². The van der Waals surface area contributed by atoms with Gasteiger partial charge in [0.2, 0.25) is 0 Å². The summed E-state index contributed by atoms with van der Waals surface area (Å²) in [6, 6.07) is 4.52. The first-order valence-corrected chi connectivity index (χ1v) is 7.25. The topological polar surface area (TPSA) is 25.8 Å². The first-order valence-electron chi connectivity index (χ1n) is 5.70. The zero-order chi connectivity index (χ0) is 14.0. The molecule has 0 fully saturated rings. The third kappa shape index (κ3) is 3.25. The Kier molecular flexibility index (Phi) is 4.76. The van der Waals surface area contributed by atoms with Gasteiger partial charge >= 0.3 is 0 Å². The van der Waals surface area contributed by atoms with Gasteiger partial charge in [0, 0.05) is 11.1 Å². The van der Waals surface area contributed by atoms with Crippen LogP contribution in [0, 0.1) is 5.82 Å². The van der Waals surface area contributed by atoms with Gasteiger partial charge in [0.15, 0.2) is 5.82 Å². The number of hydrogen-bond acceptors (Lipinski definition) is 2. The molecule has 0 atom stereocenters. The average molecular weight is 364 g/mol. The molecule has 2 nitrogen and oxygen atoms in total. The Labute approximate surface area is 129 Å². The fraction of sp³-hybridized carbons (Fsp3) is 0.231. The van der Waals surface area contributed by atoms with Gasteiger partial charge in [-0.3, -0.25) is 0 Å². The molecule has 2 aromatic rings. The fourth-order valence-corrected chi connectivity index (χ4v) is 2.61. The van der Waals surface area contributed by atoms with Crippen LogP contribution in [-0.4, -0.2) is 9.97 Å². The van der Waals surface area contributed by atoms with Crippen molar-refractivity contribution in [2.45, 2.75) is 19.8 Å². The van der Waals surface area contributed by atoms with Gasteiger partial charge in [-0.25, -0.2) is 14.4 Å². The summed E-state index contributed by atoms with van der Waals surface area (Å²) < 4.78 is 13.5. The molecule has 0 N–H and O–H groups in total. The smallest absolute Gasteiger partial charge is 0.162 e. The van der Waals surface area contributed by atoms with Gasteiger partial charge in [-0.05, 0) is 40.5 Å². The van der Waals surface area contributed by atoms with Gasteiger partial charge in [0.1, 0.15) is 16.1 Å². The minimum absolute atomic E-state index is 0.344. The number of halogens is 4. The summed E-state index contributed by atoms with van der Waals surface area (Å²) in [6.07, 6.45) is 1.63. The van der Waals surface area contributed by atoms with Crippen LogP contribution < -0.4 is 0 Å². The average Bonchev–Trinajstić information content (AvgIpc) is 2.37. The van der Waals surface area contributed by atoms with E-state index in [0.29, 0.717) is 26.2 Å². The van der Waals surface area contributed by atoms with Crippen molar-refractivity contribution in [2.24, 2.45) is 0 Å². The van der Waals surface area contributed by atoms with E-state index < -0.39 is 0 Å². The van der Waals surface area contributed by atoms with Crippen molar-refractivity contribution in [2.75, 3.05) is 0 Å². The maximum Gasteiger partial charge on any atom is 0.162 e. The van der Waals surface area contributed by atoms with Crippen LogP contribution in [0.25, 0.3) is 11.4 Å². The van der Waals surface area contributed by atoms with Gasteiger partial charge in [-0.15, -0.1) is 0 Å². The Morgan fingerprint density at radius 3 is 2.37 bits per heavy atom. The molecule has 0 aliphatic rings. The summed E-state index contributed by atoms with van der Waals surface area (Å²) in [5, 5.41) is 0.689. The molecule has 0 saturated heterocycles. The minimum atomic E-state index is -0.344. The molecule has 0 saturated carbocycles. The molecule has 0 aliphatic carbocycles. The molecule has 0 bridgehead atoms. The molecule has 0 unspecified atom stereocenters. The molecule has 1 heterocycles. The molecule has 0 radical (unpaired) electrons. The van der Waals surface area contributed by atoms with Crippen LogP contribution in [0.4, 0.5) is 4.39 Å². The van der Waals surface area contributed by atoms with Gasteiger partial charge in [0.25, 0.3) is 0 Å². The lowest BCUT2D eigenvalue weighted by Gasteiger charge is -2.08. The number of benzene rings is 1. The Hall–Kier alpha value is -0.710. The van der Waals surface area contributed by atoms with Crippen molar-refractivity contribution in [3.8, 4) is 11.4 Å². The second-order valence-electron chi connectivity index (χ2n) is 3.99. The summed E-state index contributed by atoms with van der Waals surface area (Å²) in [5.41, 5.74) is 1.40. The normalized spacial score (nSPS) is 10.8. The Morgan fingerprint density at radius 2 is 1.84 bits per heavy atom. The van der Waals surface area contributed by atoms with Gasteiger partial charge in [0.05, 0.1) is 4.47 Å². The van der Waals surface area contributed by atoms with Gasteiger partial charge in [-0.2, -0.15) is 0 Å². The highest BCUT2D eigenvalue weighted by atomic mass is 79.9. The highest BCUT2D eigenvalue weighted by molar-refractivity contribution is 9.10. The van der Waals surface area contributed by atoms with Crippen LogP contribution in [-0.2, 0) is 6.42 Å². The monoisotopic (exact) mass is 362 g/mol. The fourth-order valence-electron chi connectivity index (χ4n) is 1.65. The number of hydrogen-bond donors (Lipinski definition) is 0. The molecule has 6 heteroatoms. The summed E-state index contributed by atoms with van der Waals surface area (Å²) in [6.45, 7) is 2.03. The number of nitrogens with zero attached hydrogens (tertiary/aromatic N) is 2. The molecular weight excluding hydrogens is 354 g/mol. The molecule has 0 spiro atoms. The molecule has 0 aliphatic heterocycles. The molecule has 1 aromatic carbocycles. The summed E-state index contributed by atoms with van der Waals surface area (Å²) in [5.74, 6) is 0.0408. The predicted octanol–water partition coefficient (Wildman–Crippen LogP) is 5.30. The molecule has 19 heavy (non-hydrogen) atoms. The van der Waals surface area contributed by atoms with Crippen LogP contribution in [0.3, 0.4) is 0 Å². The van der Waals surface area contributed by atoms with Crippen molar-refractivity contribution in [1.82, 2.24) is 9.97 Å². The SMILES string of the molecule is CCCc1c(Cl)nc(-c2ccc(F)c(Br)c2)nc1Cl. The molecule has 0 amide bonds. The lowest BCUT2D eigenvalue weighted by atomic mass is 10.2. The van der Waals surface area contributed by atoms with Crippen LogP contribution in [0.15, 0.2) is 22.7 Å². The van der Waals surface area contributed by atoms with Crippen LogP contribution >= 0.6 is 39.1 Å². The Balaban J connectivity index is 2.48. The van der Waals surface area contributed by atoms with Crippen LogP contribution in [0.1, 0.15) is 18.9 Å². The maximum absolute atomic E-state index is 13.2. The summed E-state index contributed by atoms with van der Waals surface area (Å²) in [7, 11) is 0. The first-order chi connectivity index (χ1) is 9.02. The third-order valence-corrected chi connectivity index (χ3v) is 3.82. The van der Waals surface area contributed by atoms with Crippen molar-refractivity contribution in [1.29, 1.82) is 0 Å². The minimum Gasteiger partial charge on any atom is -0.216 e. The summed E-state index contributed by atoms with van der Waals surface area (Å²) >= 11 is 15.3. The molecule has 1 aromatic heterocycles. The van der Waals surface area contributed by atoms with E-state index in [4.69, 9.17) is 23.2 Å².